The van der Waals surface area contributed by atoms with E-state index in [9.17, 15) is 9.59 Å². The van der Waals surface area contributed by atoms with Crippen LogP contribution in [0.15, 0.2) is 72.8 Å². The Bertz CT molecular complexity index is 970. The lowest BCUT2D eigenvalue weighted by Gasteiger charge is -2.07. The summed E-state index contributed by atoms with van der Waals surface area (Å²) in [5, 5.41) is 4.01. The first kappa shape index (κ1) is 19.9. The summed E-state index contributed by atoms with van der Waals surface area (Å²) in [5.74, 6) is -0.223. The Hall–Kier alpha value is -2.82. The highest BCUT2D eigenvalue weighted by Gasteiger charge is 2.09. The number of aryl methyl sites for hydroxylation is 1. The van der Waals surface area contributed by atoms with E-state index in [1.54, 1.807) is 54.6 Å². The van der Waals surface area contributed by atoms with Crippen LogP contribution in [0.4, 0.5) is 5.69 Å². The Balaban J connectivity index is 1.52. The molecule has 0 heterocycles. The van der Waals surface area contributed by atoms with Gasteiger partial charge >= 0.3 is 5.97 Å². The van der Waals surface area contributed by atoms with Crippen LogP contribution >= 0.6 is 23.2 Å². The highest BCUT2D eigenvalue weighted by atomic mass is 35.5. The number of nitrogens with one attached hydrogen (secondary N) is 1. The van der Waals surface area contributed by atoms with Gasteiger partial charge in [0.15, 0.2) is 0 Å². The van der Waals surface area contributed by atoms with Crippen molar-refractivity contribution in [3.8, 4) is 5.75 Å². The van der Waals surface area contributed by atoms with E-state index in [1.165, 1.54) is 0 Å². The Labute approximate surface area is 173 Å². The van der Waals surface area contributed by atoms with E-state index < -0.39 is 0 Å². The average molecular weight is 414 g/mol. The summed E-state index contributed by atoms with van der Waals surface area (Å²) in [7, 11) is 0. The number of benzene rings is 3. The van der Waals surface area contributed by atoms with Crippen molar-refractivity contribution in [3.05, 3.63) is 94.0 Å². The number of ether oxygens (including phenoxy) is 1. The molecule has 0 aliphatic rings. The largest absolute Gasteiger partial charge is 0.427 e. The van der Waals surface area contributed by atoms with E-state index in [0.717, 1.165) is 5.56 Å². The van der Waals surface area contributed by atoms with Crippen molar-refractivity contribution in [3.63, 3.8) is 0 Å². The lowest BCUT2D eigenvalue weighted by Crippen LogP contribution is -2.12. The maximum atomic E-state index is 12.3. The lowest BCUT2D eigenvalue weighted by molar-refractivity contribution is -0.134. The first-order valence-corrected chi connectivity index (χ1v) is 9.37. The van der Waals surface area contributed by atoms with Gasteiger partial charge in [-0.05, 0) is 72.6 Å². The van der Waals surface area contributed by atoms with Crippen LogP contribution in [-0.2, 0) is 11.2 Å². The zero-order chi connectivity index (χ0) is 19.9. The molecule has 0 bridgehead atoms. The van der Waals surface area contributed by atoms with Crippen LogP contribution in [0.2, 0.25) is 10.0 Å². The van der Waals surface area contributed by atoms with Gasteiger partial charge in [-0.3, -0.25) is 9.59 Å². The summed E-state index contributed by atoms with van der Waals surface area (Å²) in [5.41, 5.74) is 2.07. The second-order valence-electron chi connectivity index (χ2n) is 6.09. The van der Waals surface area contributed by atoms with Crippen LogP contribution in [-0.4, -0.2) is 11.9 Å². The summed E-state index contributed by atoms with van der Waals surface area (Å²) in [6.45, 7) is 0. The van der Waals surface area contributed by atoms with Gasteiger partial charge in [0.2, 0.25) is 0 Å². The Morgan fingerprint density at radius 1 is 0.857 bits per heavy atom. The quantitative estimate of drug-likeness (QED) is 0.411. The van der Waals surface area contributed by atoms with E-state index in [4.69, 9.17) is 27.9 Å². The van der Waals surface area contributed by atoms with Crippen molar-refractivity contribution < 1.29 is 14.3 Å². The molecule has 1 amide bonds. The zero-order valence-electron chi connectivity index (χ0n) is 14.8. The smallest absolute Gasteiger partial charge is 0.311 e. The molecule has 3 aromatic carbocycles. The van der Waals surface area contributed by atoms with Crippen molar-refractivity contribution in [2.24, 2.45) is 0 Å². The van der Waals surface area contributed by atoms with Gasteiger partial charge in [-0.1, -0.05) is 35.3 Å². The Morgan fingerprint density at radius 2 is 1.57 bits per heavy atom. The van der Waals surface area contributed by atoms with Gasteiger partial charge in [0.1, 0.15) is 5.75 Å². The van der Waals surface area contributed by atoms with Gasteiger partial charge < -0.3 is 10.1 Å². The van der Waals surface area contributed by atoms with Crippen molar-refractivity contribution >= 4 is 40.8 Å². The minimum absolute atomic E-state index is 0.235. The van der Waals surface area contributed by atoms with Crippen molar-refractivity contribution in [1.82, 2.24) is 0 Å². The zero-order valence-corrected chi connectivity index (χ0v) is 16.3. The van der Waals surface area contributed by atoms with Crippen LogP contribution in [0.3, 0.4) is 0 Å². The van der Waals surface area contributed by atoms with E-state index in [-0.39, 0.29) is 18.3 Å². The monoisotopic (exact) mass is 413 g/mol. The van der Waals surface area contributed by atoms with Gasteiger partial charge in [-0.25, -0.2) is 0 Å². The second kappa shape index (κ2) is 9.40. The highest BCUT2D eigenvalue weighted by molar-refractivity contribution is 6.30. The van der Waals surface area contributed by atoms with Gasteiger partial charge in [-0.15, -0.1) is 0 Å². The molecule has 0 atom stereocenters. The third-order valence-electron chi connectivity index (χ3n) is 3.96. The number of rotatable bonds is 6. The number of halogens is 2. The van der Waals surface area contributed by atoms with E-state index >= 15 is 0 Å². The van der Waals surface area contributed by atoms with Gasteiger partial charge in [0.05, 0.1) is 0 Å². The molecule has 0 fully saturated rings. The fourth-order valence-electron chi connectivity index (χ4n) is 2.53. The fourth-order valence-corrected chi connectivity index (χ4v) is 2.87. The normalized spacial score (nSPS) is 10.4. The molecule has 142 valence electrons. The highest BCUT2D eigenvalue weighted by Crippen LogP contribution is 2.17. The standard InChI is InChI=1S/C22H17Cl2NO3/c23-17-7-9-19(10-8-17)25-22(27)16-5-11-20(12-6-16)28-21(26)13-4-15-2-1-3-18(24)14-15/h1-3,5-12,14H,4,13H2,(H,25,27). The minimum Gasteiger partial charge on any atom is -0.427 e. The summed E-state index contributed by atoms with van der Waals surface area (Å²) >= 11 is 11.8. The third kappa shape index (κ3) is 5.84. The SMILES string of the molecule is O=C(CCc1cccc(Cl)c1)Oc1ccc(C(=O)Nc2ccc(Cl)cc2)cc1. The average Bonchev–Trinajstić information content (AvgIpc) is 2.69. The number of carbonyl (C=O) groups is 2. The molecule has 0 aliphatic carbocycles. The topological polar surface area (TPSA) is 55.4 Å². The van der Waals surface area contributed by atoms with E-state index in [2.05, 4.69) is 5.32 Å². The van der Waals surface area contributed by atoms with Crippen molar-refractivity contribution in [1.29, 1.82) is 0 Å². The molecule has 0 spiro atoms. The molecule has 0 aliphatic heterocycles. The lowest BCUT2D eigenvalue weighted by atomic mass is 10.1. The van der Waals surface area contributed by atoms with Gasteiger partial charge in [0.25, 0.3) is 5.91 Å². The van der Waals surface area contributed by atoms with Gasteiger partial charge in [-0.2, -0.15) is 0 Å². The number of carbonyl (C=O) groups excluding carboxylic acids is 2. The Morgan fingerprint density at radius 3 is 2.25 bits per heavy atom. The third-order valence-corrected chi connectivity index (χ3v) is 4.44. The maximum absolute atomic E-state index is 12.3. The van der Waals surface area contributed by atoms with Crippen molar-refractivity contribution in [2.75, 3.05) is 5.32 Å². The van der Waals surface area contributed by atoms with Crippen LogP contribution in [0.5, 0.6) is 5.75 Å². The molecule has 0 saturated carbocycles. The molecule has 0 radical (unpaired) electrons. The summed E-state index contributed by atoms with van der Waals surface area (Å²) < 4.78 is 5.31. The molecular formula is C22H17Cl2NO3. The number of esters is 1. The Kier molecular flexibility index (Phi) is 6.69. The minimum atomic E-state index is -0.349. The number of anilines is 1. The molecule has 3 aromatic rings. The summed E-state index contributed by atoms with van der Waals surface area (Å²) in [6, 6.07) is 20.6. The molecule has 28 heavy (non-hydrogen) atoms. The second-order valence-corrected chi connectivity index (χ2v) is 6.96. The molecule has 0 saturated heterocycles. The maximum Gasteiger partial charge on any atom is 0.311 e. The molecular weight excluding hydrogens is 397 g/mol. The predicted octanol–water partition coefficient (Wildman–Crippen LogP) is 5.78. The number of amides is 1. The molecule has 4 nitrogen and oxygen atoms in total. The summed E-state index contributed by atoms with van der Waals surface area (Å²) in [4.78, 5) is 24.3. The molecule has 0 unspecified atom stereocenters. The number of hydrogen-bond acceptors (Lipinski definition) is 3. The molecule has 1 N–H and O–H groups in total. The van der Waals surface area contributed by atoms with Crippen LogP contribution in [0, 0.1) is 0 Å². The first-order valence-electron chi connectivity index (χ1n) is 8.62. The van der Waals surface area contributed by atoms with Crippen LogP contribution in [0.25, 0.3) is 0 Å². The first-order chi connectivity index (χ1) is 13.5. The van der Waals surface area contributed by atoms with Crippen LogP contribution in [0.1, 0.15) is 22.3 Å². The fraction of sp³-hybridized carbons (Fsp3) is 0.0909. The van der Waals surface area contributed by atoms with Gasteiger partial charge in [0, 0.05) is 27.7 Å². The van der Waals surface area contributed by atoms with E-state index in [1.807, 2.05) is 18.2 Å². The van der Waals surface area contributed by atoms with Crippen LogP contribution < -0.4 is 10.1 Å². The molecule has 3 rings (SSSR count). The number of hydrogen-bond donors (Lipinski definition) is 1. The van der Waals surface area contributed by atoms with Crippen molar-refractivity contribution in [2.45, 2.75) is 12.8 Å². The molecule has 6 heteroatoms. The summed E-state index contributed by atoms with van der Waals surface area (Å²) in [6.07, 6.45) is 0.778. The molecule has 0 aromatic heterocycles. The van der Waals surface area contributed by atoms with E-state index in [0.29, 0.717) is 33.5 Å². The predicted molar refractivity (Wildman–Crippen MR) is 111 cm³/mol.